The first-order chi connectivity index (χ1) is 9.67. The molecule has 3 rings (SSSR count). The van der Waals surface area contributed by atoms with E-state index in [0.717, 1.165) is 22.3 Å². The van der Waals surface area contributed by atoms with Gasteiger partial charge in [-0.3, -0.25) is 0 Å². The van der Waals surface area contributed by atoms with Crippen molar-refractivity contribution < 1.29 is 4.74 Å². The van der Waals surface area contributed by atoms with Crippen molar-refractivity contribution in [3.63, 3.8) is 0 Å². The zero-order chi connectivity index (χ0) is 14.1. The van der Waals surface area contributed by atoms with Gasteiger partial charge in [0.2, 0.25) is 5.95 Å². The maximum Gasteiger partial charge on any atom is 0.201 e. The number of aromatic nitrogens is 2. The number of nitrogen functional groups attached to an aromatic ring is 1. The Balaban J connectivity index is 1.99. The first-order valence-corrected chi connectivity index (χ1v) is 6.59. The van der Waals surface area contributed by atoms with Crippen LogP contribution < -0.4 is 10.5 Å². The maximum absolute atomic E-state index is 5.99. The molecule has 0 fully saturated rings. The Kier molecular flexibility index (Phi) is 3.24. The predicted molar refractivity (Wildman–Crippen MR) is 81.3 cm³/mol. The Labute approximate surface area is 121 Å². The highest BCUT2D eigenvalue weighted by atomic mass is 35.5. The molecule has 5 heteroatoms. The summed E-state index contributed by atoms with van der Waals surface area (Å²) in [4.78, 5) is 4.34. The first-order valence-electron chi connectivity index (χ1n) is 6.21. The van der Waals surface area contributed by atoms with Crippen LogP contribution in [0, 0.1) is 0 Å². The largest absolute Gasteiger partial charge is 0.497 e. The van der Waals surface area contributed by atoms with E-state index in [1.165, 1.54) is 0 Å². The topological polar surface area (TPSA) is 53.1 Å². The lowest BCUT2D eigenvalue weighted by atomic mass is 10.2. The number of nitrogens with two attached hydrogens (primary N) is 1. The second-order valence-electron chi connectivity index (χ2n) is 4.54. The molecule has 1 aromatic heterocycles. The van der Waals surface area contributed by atoms with Crippen LogP contribution in [-0.2, 0) is 6.54 Å². The Morgan fingerprint density at radius 1 is 1.20 bits per heavy atom. The highest BCUT2D eigenvalue weighted by Gasteiger charge is 2.09. The van der Waals surface area contributed by atoms with Crippen molar-refractivity contribution in [2.45, 2.75) is 6.54 Å². The summed E-state index contributed by atoms with van der Waals surface area (Å²) in [5.74, 6) is 1.32. The molecule has 2 N–H and O–H groups in total. The molecule has 0 unspecified atom stereocenters. The van der Waals surface area contributed by atoms with Crippen molar-refractivity contribution in [1.29, 1.82) is 0 Å². The Morgan fingerprint density at radius 2 is 1.95 bits per heavy atom. The van der Waals surface area contributed by atoms with Crippen LogP contribution in [0.3, 0.4) is 0 Å². The summed E-state index contributed by atoms with van der Waals surface area (Å²) in [6.07, 6.45) is 0. The second-order valence-corrected chi connectivity index (χ2v) is 4.97. The molecule has 102 valence electrons. The molecule has 2 aromatic carbocycles. The van der Waals surface area contributed by atoms with Gasteiger partial charge < -0.3 is 15.0 Å². The summed E-state index contributed by atoms with van der Waals surface area (Å²) in [6, 6.07) is 13.5. The number of rotatable bonds is 3. The molecular weight excluding hydrogens is 274 g/mol. The SMILES string of the molecule is COc1ccc(Cn2c(N)nc3cc(Cl)ccc32)cc1. The quantitative estimate of drug-likeness (QED) is 0.804. The van der Waals surface area contributed by atoms with Crippen molar-refractivity contribution in [1.82, 2.24) is 9.55 Å². The lowest BCUT2D eigenvalue weighted by Gasteiger charge is -2.07. The van der Waals surface area contributed by atoms with E-state index in [0.29, 0.717) is 17.5 Å². The number of halogens is 1. The van der Waals surface area contributed by atoms with E-state index in [-0.39, 0.29) is 0 Å². The summed E-state index contributed by atoms with van der Waals surface area (Å²) >= 11 is 5.97. The van der Waals surface area contributed by atoms with Crippen LogP contribution in [0.1, 0.15) is 5.56 Å². The number of fused-ring (bicyclic) bond motifs is 1. The van der Waals surface area contributed by atoms with Gasteiger partial charge in [-0.05, 0) is 35.9 Å². The van der Waals surface area contributed by atoms with Gasteiger partial charge in [0.1, 0.15) is 5.75 Å². The highest BCUT2D eigenvalue weighted by Crippen LogP contribution is 2.23. The number of ether oxygens (including phenoxy) is 1. The fraction of sp³-hybridized carbons (Fsp3) is 0.133. The van der Waals surface area contributed by atoms with E-state index in [9.17, 15) is 0 Å². The zero-order valence-electron chi connectivity index (χ0n) is 11.0. The monoisotopic (exact) mass is 287 g/mol. The van der Waals surface area contributed by atoms with Crippen LogP contribution in [0.4, 0.5) is 5.95 Å². The Morgan fingerprint density at radius 3 is 2.65 bits per heavy atom. The zero-order valence-corrected chi connectivity index (χ0v) is 11.8. The number of benzene rings is 2. The Hall–Kier alpha value is -2.20. The standard InChI is InChI=1S/C15H14ClN3O/c1-20-12-5-2-10(3-6-12)9-19-14-7-4-11(16)8-13(14)18-15(19)17/h2-8H,9H2,1H3,(H2,17,18). The third-order valence-corrected chi connectivity index (χ3v) is 3.47. The third-order valence-electron chi connectivity index (χ3n) is 3.24. The minimum absolute atomic E-state index is 0.484. The molecule has 0 aliphatic heterocycles. The lowest BCUT2D eigenvalue weighted by molar-refractivity contribution is 0.414. The van der Waals surface area contributed by atoms with Gasteiger partial charge in [-0.25, -0.2) is 4.98 Å². The number of nitrogens with zero attached hydrogens (tertiary/aromatic N) is 2. The molecule has 0 bridgehead atoms. The van der Waals surface area contributed by atoms with E-state index < -0.39 is 0 Å². The van der Waals surface area contributed by atoms with Crippen LogP contribution in [0.2, 0.25) is 5.02 Å². The molecule has 0 saturated heterocycles. The lowest BCUT2D eigenvalue weighted by Crippen LogP contribution is -2.04. The summed E-state index contributed by atoms with van der Waals surface area (Å²) in [5, 5.41) is 0.659. The molecule has 4 nitrogen and oxygen atoms in total. The minimum Gasteiger partial charge on any atom is -0.497 e. The molecular formula is C15H14ClN3O. The highest BCUT2D eigenvalue weighted by molar-refractivity contribution is 6.31. The van der Waals surface area contributed by atoms with E-state index in [1.54, 1.807) is 7.11 Å². The van der Waals surface area contributed by atoms with Gasteiger partial charge in [-0.1, -0.05) is 23.7 Å². The van der Waals surface area contributed by atoms with Crippen molar-refractivity contribution in [3.05, 3.63) is 53.1 Å². The summed E-state index contributed by atoms with van der Waals surface area (Å²) in [7, 11) is 1.65. The fourth-order valence-corrected chi connectivity index (χ4v) is 2.37. The smallest absolute Gasteiger partial charge is 0.201 e. The average molecular weight is 288 g/mol. The van der Waals surface area contributed by atoms with Crippen molar-refractivity contribution >= 4 is 28.6 Å². The van der Waals surface area contributed by atoms with Gasteiger partial charge in [0.05, 0.1) is 24.7 Å². The molecule has 20 heavy (non-hydrogen) atoms. The van der Waals surface area contributed by atoms with Crippen LogP contribution >= 0.6 is 11.6 Å². The number of methoxy groups -OCH3 is 1. The van der Waals surface area contributed by atoms with Crippen LogP contribution in [0.5, 0.6) is 5.75 Å². The third kappa shape index (κ3) is 2.30. The van der Waals surface area contributed by atoms with Crippen LogP contribution in [0.25, 0.3) is 11.0 Å². The average Bonchev–Trinajstić information content (AvgIpc) is 2.75. The van der Waals surface area contributed by atoms with Crippen LogP contribution in [0.15, 0.2) is 42.5 Å². The number of imidazole rings is 1. The van der Waals surface area contributed by atoms with Gasteiger partial charge in [-0.15, -0.1) is 0 Å². The molecule has 0 radical (unpaired) electrons. The van der Waals surface area contributed by atoms with Gasteiger partial charge in [0, 0.05) is 5.02 Å². The summed E-state index contributed by atoms with van der Waals surface area (Å²) < 4.78 is 7.12. The molecule has 0 atom stereocenters. The van der Waals surface area contributed by atoms with Gasteiger partial charge in [-0.2, -0.15) is 0 Å². The summed E-state index contributed by atoms with van der Waals surface area (Å²) in [5.41, 5.74) is 8.91. The first kappa shape index (κ1) is 12.8. The molecule has 1 heterocycles. The van der Waals surface area contributed by atoms with E-state index >= 15 is 0 Å². The van der Waals surface area contributed by atoms with E-state index in [1.807, 2.05) is 47.0 Å². The molecule has 0 aliphatic carbocycles. The number of hydrogen-bond donors (Lipinski definition) is 1. The maximum atomic E-state index is 5.99. The van der Waals surface area contributed by atoms with E-state index in [2.05, 4.69) is 4.98 Å². The molecule has 0 spiro atoms. The fourth-order valence-electron chi connectivity index (χ4n) is 2.20. The van der Waals surface area contributed by atoms with Crippen molar-refractivity contribution in [3.8, 4) is 5.75 Å². The Bertz CT molecular complexity index is 750. The number of anilines is 1. The molecule has 3 aromatic rings. The van der Waals surface area contributed by atoms with Crippen LogP contribution in [-0.4, -0.2) is 16.7 Å². The van der Waals surface area contributed by atoms with E-state index in [4.69, 9.17) is 22.1 Å². The van der Waals surface area contributed by atoms with Gasteiger partial charge in [0.15, 0.2) is 0 Å². The number of hydrogen-bond acceptors (Lipinski definition) is 3. The molecule has 0 aliphatic rings. The summed E-state index contributed by atoms with van der Waals surface area (Å²) in [6.45, 7) is 0.661. The van der Waals surface area contributed by atoms with Gasteiger partial charge >= 0.3 is 0 Å². The molecule has 0 saturated carbocycles. The van der Waals surface area contributed by atoms with Crippen molar-refractivity contribution in [2.75, 3.05) is 12.8 Å². The minimum atomic E-state index is 0.484. The van der Waals surface area contributed by atoms with Crippen molar-refractivity contribution in [2.24, 2.45) is 0 Å². The second kappa shape index (κ2) is 5.06. The van der Waals surface area contributed by atoms with Gasteiger partial charge in [0.25, 0.3) is 0 Å². The predicted octanol–water partition coefficient (Wildman–Crippen LogP) is 3.33. The molecule has 0 amide bonds. The normalized spacial score (nSPS) is 10.9.